The van der Waals surface area contributed by atoms with Gasteiger partial charge in [-0.05, 0) is 38.7 Å². The van der Waals surface area contributed by atoms with E-state index in [9.17, 15) is 9.18 Å². The lowest BCUT2D eigenvalue weighted by molar-refractivity contribution is -0.135. The minimum absolute atomic E-state index is 0.000415. The van der Waals surface area contributed by atoms with Crippen molar-refractivity contribution in [1.82, 2.24) is 14.5 Å². The first kappa shape index (κ1) is 15.4. The van der Waals surface area contributed by atoms with Crippen molar-refractivity contribution >= 4 is 5.91 Å². The summed E-state index contributed by atoms with van der Waals surface area (Å²) >= 11 is 0. The van der Waals surface area contributed by atoms with E-state index < -0.39 is 5.41 Å². The lowest BCUT2D eigenvalue weighted by Crippen LogP contribution is -2.40. The zero-order valence-electron chi connectivity index (χ0n) is 14.1. The number of halogens is 1. The second-order valence-electron chi connectivity index (χ2n) is 7.07. The summed E-state index contributed by atoms with van der Waals surface area (Å²) in [5.41, 5.74) is 0.854. The van der Waals surface area contributed by atoms with E-state index in [1.54, 1.807) is 12.1 Å². The highest BCUT2D eigenvalue weighted by Gasteiger charge is 2.56. The highest BCUT2D eigenvalue weighted by Crippen LogP contribution is 2.52. The van der Waals surface area contributed by atoms with Gasteiger partial charge in [0.15, 0.2) is 0 Å². The Hall–Kier alpha value is -2.17. The van der Waals surface area contributed by atoms with Crippen LogP contribution in [0.5, 0.6) is 0 Å². The first-order valence-electron chi connectivity index (χ1n) is 8.59. The molecule has 1 aliphatic carbocycles. The Morgan fingerprint density at radius 1 is 1.33 bits per heavy atom. The predicted octanol–water partition coefficient (Wildman–Crippen LogP) is 3.26. The molecule has 1 saturated carbocycles. The Morgan fingerprint density at radius 2 is 2.08 bits per heavy atom. The number of aryl methyl sites for hydroxylation is 2. The Labute approximate surface area is 141 Å². The van der Waals surface area contributed by atoms with Crippen molar-refractivity contribution in [2.75, 3.05) is 6.54 Å². The number of hydrogen-bond acceptors (Lipinski definition) is 2. The van der Waals surface area contributed by atoms with E-state index in [1.165, 1.54) is 6.07 Å². The van der Waals surface area contributed by atoms with Crippen LogP contribution in [0.1, 0.15) is 48.8 Å². The first-order valence-corrected chi connectivity index (χ1v) is 8.59. The molecule has 1 unspecified atom stereocenters. The summed E-state index contributed by atoms with van der Waals surface area (Å²) in [7, 11) is 1.97. The number of nitrogens with zero attached hydrogens (tertiary/aromatic N) is 3. The predicted molar refractivity (Wildman–Crippen MR) is 88.9 cm³/mol. The van der Waals surface area contributed by atoms with Crippen LogP contribution in [0, 0.1) is 12.7 Å². The molecule has 0 N–H and O–H groups in total. The first-order chi connectivity index (χ1) is 11.5. The van der Waals surface area contributed by atoms with E-state index in [1.807, 2.05) is 35.7 Å². The molecule has 1 saturated heterocycles. The fourth-order valence-corrected chi connectivity index (χ4v) is 4.07. The SMILES string of the molecule is Cc1cn(C)c(C2CCCN2C(=O)C2(c3ccccc3F)CC2)n1. The largest absolute Gasteiger partial charge is 0.336 e. The molecule has 2 fully saturated rings. The van der Waals surface area contributed by atoms with Crippen LogP contribution in [-0.4, -0.2) is 26.9 Å². The molecule has 24 heavy (non-hydrogen) atoms. The molecule has 4 nitrogen and oxygen atoms in total. The molecule has 2 aromatic rings. The second kappa shape index (κ2) is 5.43. The van der Waals surface area contributed by atoms with Crippen LogP contribution in [0.25, 0.3) is 0 Å². The van der Waals surface area contributed by atoms with Gasteiger partial charge in [0.05, 0.1) is 17.2 Å². The average molecular weight is 327 g/mol. The summed E-state index contributed by atoms with van der Waals surface area (Å²) in [5, 5.41) is 0. The maximum atomic E-state index is 14.3. The molecule has 0 spiro atoms. The van der Waals surface area contributed by atoms with Gasteiger partial charge in [-0.15, -0.1) is 0 Å². The summed E-state index contributed by atoms with van der Waals surface area (Å²) in [6, 6.07) is 6.70. The van der Waals surface area contributed by atoms with Crippen molar-refractivity contribution in [1.29, 1.82) is 0 Å². The molecule has 1 aliphatic heterocycles. The maximum Gasteiger partial charge on any atom is 0.233 e. The zero-order valence-corrected chi connectivity index (χ0v) is 14.1. The molecule has 5 heteroatoms. The number of amides is 1. The van der Waals surface area contributed by atoms with Gasteiger partial charge in [-0.25, -0.2) is 9.37 Å². The van der Waals surface area contributed by atoms with Crippen molar-refractivity contribution in [3.8, 4) is 0 Å². The zero-order chi connectivity index (χ0) is 16.9. The summed E-state index contributed by atoms with van der Waals surface area (Å²) in [6.45, 7) is 2.69. The summed E-state index contributed by atoms with van der Waals surface area (Å²) in [4.78, 5) is 19.9. The highest BCUT2D eigenvalue weighted by atomic mass is 19.1. The van der Waals surface area contributed by atoms with Gasteiger partial charge in [0, 0.05) is 25.4 Å². The quantitative estimate of drug-likeness (QED) is 0.868. The molecule has 0 radical (unpaired) electrons. The van der Waals surface area contributed by atoms with Crippen LogP contribution >= 0.6 is 0 Å². The molecular weight excluding hydrogens is 305 g/mol. The van der Waals surface area contributed by atoms with Gasteiger partial charge >= 0.3 is 0 Å². The summed E-state index contributed by atoms with van der Waals surface area (Å²) in [6.07, 6.45) is 5.34. The van der Waals surface area contributed by atoms with E-state index in [0.717, 1.165) is 43.7 Å². The third kappa shape index (κ3) is 2.26. The Kier molecular flexibility index (Phi) is 3.48. The van der Waals surface area contributed by atoms with Crippen molar-refractivity contribution < 1.29 is 9.18 Å². The topological polar surface area (TPSA) is 38.1 Å². The van der Waals surface area contributed by atoms with Crippen LogP contribution in [0.3, 0.4) is 0 Å². The molecular formula is C19H22FN3O. The van der Waals surface area contributed by atoms with Gasteiger partial charge in [0.2, 0.25) is 5.91 Å². The molecule has 1 aromatic carbocycles. The average Bonchev–Trinajstić information content (AvgIpc) is 3.09. The van der Waals surface area contributed by atoms with E-state index in [0.29, 0.717) is 5.56 Å². The normalized spacial score (nSPS) is 22.0. The van der Waals surface area contributed by atoms with Crippen molar-refractivity contribution in [3.05, 3.63) is 53.4 Å². The van der Waals surface area contributed by atoms with Crippen LogP contribution in [0.15, 0.2) is 30.5 Å². The molecule has 126 valence electrons. The van der Waals surface area contributed by atoms with Crippen LogP contribution < -0.4 is 0 Å². The smallest absolute Gasteiger partial charge is 0.233 e. The minimum Gasteiger partial charge on any atom is -0.336 e. The Balaban J connectivity index is 1.67. The van der Waals surface area contributed by atoms with Crippen molar-refractivity contribution in [2.45, 2.75) is 44.1 Å². The summed E-state index contributed by atoms with van der Waals surface area (Å²) in [5.74, 6) is 0.727. The monoisotopic (exact) mass is 327 g/mol. The Morgan fingerprint density at radius 3 is 2.71 bits per heavy atom. The van der Waals surface area contributed by atoms with Crippen LogP contribution in [0.4, 0.5) is 4.39 Å². The maximum absolute atomic E-state index is 14.3. The van der Waals surface area contributed by atoms with E-state index in [2.05, 4.69) is 4.98 Å². The van der Waals surface area contributed by atoms with Gasteiger partial charge in [0.1, 0.15) is 11.6 Å². The fraction of sp³-hybridized carbons (Fsp3) is 0.474. The lowest BCUT2D eigenvalue weighted by atomic mass is 9.93. The number of benzene rings is 1. The molecule has 1 amide bonds. The number of imidazole rings is 1. The Bertz CT molecular complexity index is 794. The molecule has 4 rings (SSSR count). The second-order valence-corrected chi connectivity index (χ2v) is 7.07. The summed E-state index contributed by atoms with van der Waals surface area (Å²) < 4.78 is 16.3. The fourth-order valence-electron chi connectivity index (χ4n) is 4.07. The van der Waals surface area contributed by atoms with Crippen molar-refractivity contribution in [3.63, 3.8) is 0 Å². The molecule has 1 atom stereocenters. The lowest BCUT2D eigenvalue weighted by Gasteiger charge is -2.29. The number of rotatable bonds is 3. The van der Waals surface area contributed by atoms with E-state index in [4.69, 9.17) is 0 Å². The third-order valence-electron chi connectivity index (χ3n) is 5.39. The molecule has 0 bridgehead atoms. The number of carbonyl (C=O) groups excluding carboxylic acids is 1. The number of hydrogen-bond donors (Lipinski definition) is 0. The number of aromatic nitrogens is 2. The number of carbonyl (C=O) groups is 1. The van der Waals surface area contributed by atoms with E-state index in [-0.39, 0.29) is 17.8 Å². The van der Waals surface area contributed by atoms with Gasteiger partial charge < -0.3 is 9.47 Å². The standard InChI is InChI=1S/C19H22FN3O/c1-13-12-22(2)17(21-13)16-8-5-11-23(16)18(24)19(9-10-19)14-6-3-4-7-15(14)20/h3-4,6-7,12,16H,5,8-11H2,1-2H3. The van der Waals surface area contributed by atoms with Crippen LogP contribution in [-0.2, 0) is 17.3 Å². The highest BCUT2D eigenvalue weighted by molar-refractivity contribution is 5.91. The molecule has 1 aromatic heterocycles. The molecule has 2 heterocycles. The van der Waals surface area contributed by atoms with Gasteiger partial charge in [0.25, 0.3) is 0 Å². The van der Waals surface area contributed by atoms with Gasteiger partial charge in [-0.3, -0.25) is 4.79 Å². The van der Waals surface area contributed by atoms with Gasteiger partial charge in [-0.1, -0.05) is 18.2 Å². The van der Waals surface area contributed by atoms with Gasteiger partial charge in [-0.2, -0.15) is 0 Å². The van der Waals surface area contributed by atoms with Crippen LogP contribution in [0.2, 0.25) is 0 Å². The van der Waals surface area contributed by atoms with E-state index >= 15 is 0 Å². The number of likely N-dealkylation sites (tertiary alicyclic amines) is 1. The minimum atomic E-state index is -0.659. The molecule has 2 aliphatic rings. The van der Waals surface area contributed by atoms with Crippen molar-refractivity contribution in [2.24, 2.45) is 7.05 Å². The third-order valence-corrected chi connectivity index (χ3v) is 5.39.